The quantitative estimate of drug-likeness (QED) is 0.764. The number of nitrogens with one attached hydrogen (secondary N) is 2. The van der Waals surface area contributed by atoms with Gasteiger partial charge < -0.3 is 15.2 Å². The number of pyridine rings is 1. The van der Waals surface area contributed by atoms with Crippen LogP contribution in [0, 0.1) is 17.3 Å². The van der Waals surface area contributed by atoms with E-state index in [0.717, 1.165) is 25.9 Å². The summed E-state index contributed by atoms with van der Waals surface area (Å²) < 4.78 is 0. The SMILES string of the molecule is CC1(C)CC(=O)c2cc(C(=O)N3CC[C@@H]4CNC[C@@H]4CC3)c(=O)[nH]c2C1.Cl. The number of likely N-dealkylation sites (tertiary alicyclic amines) is 1. The van der Waals surface area contributed by atoms with Crippen molar-refractivity contribution < 1.29 is 9.59 Å². The van der Waals surface area contributed by atoms with E-state index in [0.29, 0.717) is 49.0 Å². The summed E-state index contributed by atoms with van der Waals surface area (Å²) in [5.41, 5.74) is 0.773. The third-order valence-corrected chi connectivity index (χ3v) is 6.25. The molecule has 1 amide bonds. The van der Waals surface area contributed by atoms with Crippen molar-refractivity contribution in [2.75, 3.05) is 26.2 Å². The molecule has 1 aliphatic carbocycles. The first-order chi connectivity index (χ1) is 12.3. The van der Waals surface area contributed by atoms with Crippen LogP contribution in [0.25, 0.3) is 0 Å². The van der Waals surface area contributed by atoms with E-state index in [1.165, 1.54) is 0 Å². The first-order valence-corrected chi connectivity index (χ1v) is 9.63. The highest BCUT2D eigenvalue weighted by Crippen LogP contribution is 2.33. The summed E-state index contributed by atoms with van der Waals surface area (Å²) in [6.07, 6.45) is 3.04. The Bertz CT molecular complexity index is 803. The summed E-state index contributed by atoms with van der Waals surface area (Å²) >= 11 is 0. The van der Waals surface area contributed by atoms with Crippen LogP contribution >= 0.6 is 12.4 Å². The van der Waals surface area contributed by atoms with E-state index in [9.17, 15) is 14.4 Å². The van der Waals surface area contributed by atoms with E-state index in [2.05, 4.69) is 10.3 Å². The predicted octanol–water partition coefficient (Wildman–Crippen LogP) is 2.02. The highest BCUT2D eigenvalue weighted by atomic mass is 35.5. The molecule has 0 saturated carbocycles. The Morgan fingerprint density at radius 3 is 2.37 bits per heavy atom. The predicted molar refractivity (Wildman–Crippen MR) is 106 cm³/mol. The molecule has 27 heavy (non-hydrogen) atoms. The van der Waals surface area contributed by atoms with Gasteiger partial charge in [-0.05, 0) is 55.7 Å². The molecular formula is C20H28ClN3O3. The summed E-state index contributed by atoms with van der Waals surface area (Å²) in [6.45, 7) is 7.45. The van der Waals surface area contributed by atoms with Crippen molar-refractivity contribution in [2.45, 2.75) is 39.5 Å². The highest BCUT2D eigenvalue weighted by Gasteiger charge is 2.35. The molecule has 2 atom stereocenters. The molecule has 0 bridgehead atoms. The van der Waals surface area contributed by atoms with Crippen molar-refractivity contribution >= 4 is 24.1 Å². The Hall–Kier alpha value is -1.66. The molecule has 1 aromatic rings. The minimum Gasteiger partial charge on any atom is -0.338 e. The van der Waals surface area contributed by atoms with E-state index in [4.69, 9.17) is 0 Å². The van der Waals surface area contributed by atoms with Crippen molar-refractivity contribution in [3.63, 3.8) is 0 Å². The third kappa shape index (κ3) is 3.83. The van der Waals surface area contributed by atoms with Crippen LogP contribution < -0.4 is 10.9 Å². The van der Waals surface area contributed by atoms with E-state index < -0.39 is 0 Å². The third-order valence-electron chi connectivity index (χ3n) is 6.25. The fourth-order valence-corrected chi connectivity index (χ4v) is 4.78. The van der Waals surface area contributed by atoms with Gasteiger partial charge in [-0.2, -0.15) is 0 Å². The number of hydrogen-bond donors (Lipinski definition) is 2. The molecule has 6 nitrogen and oxygen atoms in total. The van der Waals surface area contributed by atoms with Crippen LogP contribution in [0.3, 0.4) is 0 Å². The fourth-order valence-electron chi connectivity index (χ4n) is 4.78. The van der Waals surface area contributed by atoms with Gasteiger partial charge >= 0.3 is 0 Å². The number of nitrogens with zero attached hydrogens (tertiary/aromatic N) is 1. The monoisotopic (exact) mass is 393 g/mol. The average molecular weight is 394 g/mol. The summed E-state index contributed by atoms with van der Waals surface area (Å²) in [6, 6.07) is 1.54. The van der Waals surface area contributed by atoms with Gasteiger partial charge in [-0.15, -0.1) is 12.4 Å². The van der Waals surface area contributed by atoms with Crippen molar-refractivity contribution in [1.82, 2.24) is 15.2 Å². The van der Waals surface area contributed by atoms with Gasteiger partial charge in [0.05, 0.1) is 0 Å². The smallest absolute Gasteiger partial charge is 0.261 e. The maximum atomic E-state index is 13.0. The summed E-state index contributed by atoms with van der Waals surface area (Å²) in [4.78, 5) is 42.7. The number of halogens is 1. The Morgan fingerprint density at radius 1 is 1.11 bits per heavy atom. The van der Waals surface area contributed by atoms with Gasteiger partial charge in [0.2, 0.25) is 0 Å². The molecule has 2 fully saturated rings. The normalized spacial score (nSPS) is 26.6. The number of hydrogen-bond acceptors (Lipinski definition) is 4. The second-order valence-electron chi connectivity index (χ2n) is 8.89. The number of aromatic amines is 1. The molecule has 3 heterocycles. The molecule has 0 radical (unpaired) electrons. The topological polar surface area (TPSA) is 82.3 Å². The number of carbonyl (C=O) groups is 2. The van der Waals surface area contributed by atoms with E-state index in [-0.39, 0.29) is 40.6 Å². The molecule has 148 valence electrons. The van der Waals surface area contributed by atoms with Gasteiger partial charge in [-0.1, -0.05) is 13.8 Å². The van der Waals surface area contributed by atoms with Crippen molar-refractivity contribution in [3.8, 4) is 0 Å². The van der Waals surface area contributed by atoms with Gasteiger partial charge in [-0.25, -0.2) is 0 Å². The number of carbonyl (C=O) groups excluding carboxylic acids is 2. The zero-order valence-corrected chi connectivity index (χ0v) is 16.8. The van der Waals surface area contributed by atoms with Crippen LogP contribution in [0.4, 0.5) is 0 Å². The van der Waals surface area contributed by atoms with Crippen LogP contribution in [-0.4, -0.2) is 47.8 Å². The number of rotatable bonds is 1. The Morgan fingerprint density at radius 2 is 1.74 bits per heavy atom. The van der Waals surface area contributed by atoms with Gasteiger partial charge in [-0.3, -0.25) is 14.4 Å². The standard InChI is InChI=1S/C20H27N3O3.ClH/c1-20(2)8-16-14(17(24)9-20)7-15(18(25)22-16)19(26)23-5-3-12-10-21-11-13(12)4-6-23;/h7,12-13,21H,3-6,8-11H2,1-2H3,(H,22,25);1H/t12-,13+;. The van der Waals surface area contributed by atoms with Crippen molar-refractivity contribution in [2.24, 2.45) is 17.3 Å². The first kappa shape index (κ1) is 20.1. The first-order valence-electron chi connectivity index (χ1n) is 9.63. The molecule has 0 unspecified atom stereocenters. The van der Waals surface area contributed by atoms with Gasteiger partial charge in [0, 0.05) is 30.8 Å². The molecule has 7 heteroatoms. The molecular weight excluding hydrogens is 366 g/mol. The number of fused-ring (bicyclic) bond motifs is 2. The molecule has 3 aliphatic rings. The van der Waals surface area contributed by atoms with Crippen molar-refractivity contribution in [3.05, 3.63) is 33.2 Å². The summed E-state index contributed by atoms with van der Waals surface area (Å²) in [5.74, 6) is 1.02. The van der Waals surface area contributed by atoms with Crippen LogP contribution in [0.1, 0.15) is 59.5 Å². The van der Waals surface area contributed by atoms with Gasteiger partial charge in [0.15, 0.2) is 5.78 Å². The van der Waals surface area contributed by atoms with Crippen molar-refractivity contribution in [1.29, 1.82) is 0 Å². The Balaban J connectivity index is 0.00000210. The molecule has 0 aromatic carbocycles. The molecule has 1 aromatic heterocycles. The second-order valence-corrected chi connectivity index (χ2v) is 8.89. The zero-order chi connectivity index (χ0) is 18.5. The minimum absolute atomic E-state index is 0. The fraction of sp³-hybridized carbons (Fsp3) is 0.650. The average Bonchev–Trinajstić information content (AvgIpc) is 2.91. The maximum absolute atomic E-state index is 13.0. The Kier molecular flexibility index (Phi) is 5.50. The lowest BCUT2D eigenvalue weighted by Crippen LogP contribution is -2.38. The molecule has 2 saturated heterocycles. The van der Waals surface area contributed by atoms with Crippen LogP contribution in [0.2, 0.25) is 0 Å². The van der Waals surface area contributed by atoms with Gasteiger partial charge in [0.1, 0.15) is 5.56 Å². The highest BCUT2D eigenvalue weighted by molar-refractivity contribution is 6.02. The lowest BCUT2D eigenvalue weighted by atomic mass is 9.75. The second kappa shape index (κ2) is 7.40. The number of Topliss-reactive ketones (excluding diaryl/α,β-unsaturated/α-hetero) is 1. The number of aromatic nitrogens is 1. The Labute approximate surface area is 165 Å². The molecule has 2 aliphatic heterocycles. The summed E-state index contributed by atoms with van der Waals surface area (Å²) in [7, 11) is 0. The molecule has 4 rings (SSSR count). The van der Waals surface area contributed by atoms with Crippen LogP contribution in [0.5, 0.6) is 0 Å². The maximum Gasteiger partial charge on any atom is 0.261 e. The number of amides is 1. The molecule has 0 spiro atoms. The van der Waals surface area contributed by atoms with Crippen LogP contribution in [0.15, 0.2) is 10.9 Å². The largest absolute Gasteiger partial charge is 0.338 e. The van der Waals surface area contributed by atoms with E-state index in [1.807, 2.05) is 13.8 Å². The molecule has 2 N–H and O–H groups in total. The number of ketones is 1. The van der Waals surface area contributed by atoms with E-state index in [1.54, 1.807) is 11.0 Å². The van der Waals surface area contributed by atoms with Crippen LogP contribution in [-0.2, 0) is 6.42 Å². The lowest BCUT2D eigenvalue weighted by Gasteiger charge is -2.30. The lowest BCUT2D eigenvalue weighted by molar-refractivity contribution is 0.0756. The zero-order valence-electron chi connectivity index (χ0n) is 16.0. The minimum atomic E-state index is -0.370. The van der Waals surface area contributed by atoms with E-state index >= 15 is 0 Å². The number of H-pyrrole nitrogens is 1. The summed E-state index contributed by atoms with van der Waals surface area (Å²) in [5, 5.41) is 3.43. The van der Waals surface area contributed by atoms with Gasteiger partial charge in [0.25, 0.3) is 11.5 Å².